The summed E-state index contributed by atoms with van der Waals surface area (Å²) in [6.07, 6.45) is 0.702. The van der Waals surface area contributed by atoms with E-state index in [0.29, 0.717) is 19.6 Å². The number of carboxylic acid groups (broad SMARTS) is 1. The van der Waals surface area contributed by atoms with E-state index in [-0.39, 0.29) is 6.42 Å². The SMILES string of the molecule is COc1ccc(COCCCC(=O)O)cc1. The number of methoxy groups -OCH3 is 1. The van der Waals surface area contributed by atoms with Gasteiger partial charge in [-0.25, -0.2) is 0 Å². The lowest BCUT2D eigenvalue weighted by atomic mass is 10.2. The molecule has 0 spiro atoms. The zero-order valence-electron chi connectivity index (χ0n) is 9.31. The number of hydrogen-bond acceptors (Lipinski definition) is 3. The number of ether oxygens (including phenoxy) is 2. The van der Waals surface area contributed by atoms with Crippen molar-refractivity contribution in [3.63, 3.8) is 0 Å². The highest BCUT2D eigenvalue weighted by Crippen LogP contribution is 2.11. The minimum absolute atomic E-state index is 0.155. The van der Waals surface area contributed by atoms with Crippen molar-refractivity contribution >= 4 is 5.97 Å². The maximum Gasteiger partial charge on any atom is 0.303 e. The van der Waals surface area contributed by atoms with E-state index in [1.807, 2.05) is 24.3 Å². The van der Waals surface area contributed by atoms with Crippen molar-refractivity contribution in [1.29, 1.82) is 0 Å². The van der Waals surface area contributed by atoms with Gasteiger partial charge in [0.1, 0.15) is 5.75 Å². The zero-order chi connectivity index (χ0) is 11.8. The third-order valence-corrected chi connectivity index (χ3v) is 2.11. The number of hydrogen-bond donors (Lipinski definition) is 1. The molecule has 0 amide bonds. The van der Waals surface area contributed by atoms with Crippen molar-refractivity contribution in [1.82, 2.24) is 0 Å². The summed E-state index contributed by atoms with van der Waals surface area (Å²) < 4.78 is 10.4. The van der Waals surface area contributed by atoms with E-state index in [2.05, 4.69) is 0 Å². The summed E-state index contributed by atoms with van der Waals surface area (Å²) in [4.78, 5) is 10.2. The average molecular weight is 224 g/mol. The number of aliphatic carboxylic acids is 1. The second-order valence-electron chi connectivity index (χ2n) is 3.40. The predicted octanol–water partition coefficient (Wildman–Crippen LogP) is 2.08. The third kappa shape index (κ3) is 4.79. The molecular formula is C12H16O4. The van der Waals surface area contributed by atoms with Crippen LogP contribution in [0.2, 0.25) is 0 Å². The van der Waals surface area contributed by atoms with Gasteiger partial charge in [0.05, 0.1) is 13.7 Å². The van der Waals surface area contributed by atoms with Gasteiger partial charge in [0.2, 0.25) is 0 Å². The molecule has 16 heavy (non-hydrogen) atoms. The van der Waals surface area contributed by atoms with Gasteiger partial charge in [-0.2, -0.15) is 0 Å². The molecule has 0 aliphatic carbocycles. The molecule has 4 nitrogen and oxygen atoms in total. The Morgan fingerprint density at radius 3 is 2.56 bits per heavy atom. The molecule has 4 heteroatoms. The molecule has 0 unspecified atom stereocenters. The number of carboxylic acids is 1. The van der Waals surface area contributed by atoms with Gasteiger partial charge in [0.25, 0.3) is 0 Å². The van der Waals surface area contributed by atoms with E-state index in [9.17, 15) is 4.79 Å². The van der Waals surface area contributed by atoms with Gasteiger partial charge in [-0.3, -0.25) is 4.79 Å². The standard InChI is InChI=1S/C12H16O4/c1-15-11-6-4-10(5-7-11)9-16-8-2-3-12(13)14/h4-7H,2-3,8-9H2,1H3,(H,13,14). The molecule has 1 aromatic carbocycles. The van der Waals surface area contributed by atoms with Crippen LogP contribution in [0.25, 0.3) is 0 Å². The molecule has 0 heterocycles. The fourth-order valence-electron chi connectivity index (χ4n) is 1.24. The molecule has 0 saturated carbocycles. The number of carbonyl (C=O) groups is 1. The van der Waals surface area contributed by atoms with Crippen LogP contribution in [0, 0.1) is 0 Å². The smallest absolute Gasteiger partial charge is 0.303 e. The second kappa shape index (κ2) is 6.85. The Morgan fingerprint density at radius 2 is 2.00 bits per heavy atom. The predicted molar refractivity (Wildman–Crippen MR) is 59.5 cm³/mol. The maximum absolute atomic E-state index is 10.2. The fourth-order valence-corrected chi connectivity index (χ4v) is 1.24. The van der Waals surface area contributed by atoms with Crippen LogP contribution in [0.15, 0.2) is 24.3 Å². The summed E-state index contributed by atoms with van der Waals surface area (Å²) >= 11 is 0. The van der Waals surface area contributed by atoms with E-state index >= 15 is 0 Å². The first-order chi connectivity index (χ1) is 7.72. The molecule has 0 saturated heterocycles. The van der Waals surface area contributed by atoms with Crippen LogP contribution in [0.3, 0.4) is 0 Å². The van der Waals surface area contributed by atoms with Gasteiger partial charge in [-0.05, 0) is 24.1 Å². The normalized spacial score (nSPS) is 10.1. The van der Waals surface area contributed by atoms with Crippen molar-refractivity contribution in [2.24, 2.45) is 0 Å². The molecule has 1 aromatic rings. The van der Waals surface area contributed by atoms with Crippen LogP contribution < -0.4 is 4.74 Å². The van der Waals surface area contributed by atoms with Gasteiger partial charge in [-0.1, -0.05) is 12.1 Å². The summed E-state index contributed by atoms with van der Waals surface area (Å²) in [5.74, 6) is 0.0303. The topological polar surface area (TPSA) is 55.8 Å². The Morgan fingerprint density at radius 1 is 1.31 bits per heavy atom. The van der Waals surface area contributed by atoms with Crippen LogP contribution in [0.5, 0.6) is 5.75 Å². The van der Waals surface area contributed by atoms with Gasteiger partial charge in [-0.15, -0.1) is 0 Å². The summed E-state index contributed by atoms with van der Waals surface area (Å²) in [6.45, 7) is 0.974. The summed E-state index contributed by atoms with van der Waals surface area (Å²) in [5, 5.41) is 8.42. The second-order valence-corrected chi connectivity index (χ2v) is 3.40. The highest BCUT2D eigenvalue weighted by Gasteiger charge is 1.97. The molecule has 0 aromatic heterocycles. The van der Waals surface area contributed by atoms with Gasteiger partial charge in [0, 0.05) is 13.0 Å². The lowest BCUT2D eigenvalue weighted by Gasteiger charge is -2.04. The van der Waals surface area contributed by atoms with Crippen molar-refractivity contribution < 1.29 is 19.4 Å². The van der Waals surface area contributed by atoms with E-state index in [1.165, 1.54) is 0 Å². The van der Waals surface area contributed by atoms with E-state index in [4.69, 9.17) is 14.6 Å². The maximum atomic E-state index is 10.2. The molecule has 0 aliphatic heterocycles. The van der Waals surface area contributed by atoms with Crippen molar-refractivity contribution in [3.8, 4) is 5.75 Å². The zero-order valence-corrected chi connectivity index (χ0v) is 9.31. The quantitative estimate of drug-likeness (QED) is 0.720. The van der Waals surface area contributed by atoms with E-state index < -0.39 is 5.97 Å². The number of rotatable bonds is 7. The molecule has 0 fully saturated rings. The van der Waals surface area contributed by atoms with Crippen LogP contribution in [-0.4, -0.2) is 24.8 Å². The molecule has 0 aliphatic rings. The molecular weight excluding hydrogens is 208 g/mol. The van der Waals surface area contributed by atoms with Crippen molar-refractivity contribution in [2.45, 2.75) is 19.4 Å². The molecule has 0 bridgehead atoms. The van der Waals surface area contributed by atoms with Gasteiger partial charge >= 0.3 is 5.97 Å². The first-order valence-electron chi connectivity index (χ1n) is 5.15. The molecule has 88 valence electrons. The van der Waals surface area contributed by atoms with Crippen LogP contribution >= 0.6 is 0 Å². The van der Waals surface area contributed by atoms with E-state index in [1.54, 1.807) is 7.11 Å². The van der Waals surface area contributed by atoms with Crippen LogP contribution in [0.1, 0.15) is 18.4 Å². The molecule has 0 radical (unpaired) electrons. The Hall–Kier alpha value is -1.55. The minimum Gasteiger partial charge on any atom is -0.497 e. The van der Waals surface area contributed by atoms with Gasteiger partial charge in [0.15, 0.2) is 0 Å². The Kier molecular flexibility index (Phi) is 5.36. The molecule has 0 atom stereocenters. The first kappa shape index (κ1) is 12.5. The van der Waals surface area contributed by atoms with Crippen LogP contribution in [-0.2, 0) is 16.1 Å². The lowest BCUT2D eigenvalue weighted by molar-refractivity contribution is -0.137. The Labute approximate surface area is 94.8 Å². The summed E-state index contributed by atoms with van der Waals surface area (Å²) in [5.41, 5.74) is 1.05. The monoisotopic (exact) mass is 224 g/mol. The third-order valence-electron chi connectivity index (χ3n) is 2.11. The van der Waals surface area contributed by atoms with Gasteiger partial charge < -0.3 is 14.6 Å². The largest absolute Gasteiger partial charge is 0.497 e. The van der Waals surface area contributed by atoms with Crippen molar-refractivity contribution in [2.75, 3.05) is 13.7 Å². The number of benzene rings is 1. The van der Waals surface area contributed by atoms with Crippen LogP contribution in [0.4, 0.5) is 0 Å². The van der Waals surface area contributed by atoms with Crippen molar-refractivity contribution in [3.05, 3.63) is 29.8 Å². The first-order valence-corrected chi connectivity index (χ1v) is 5.15. The fraction of sp³-hybridized carbons (Fsp3) is 0.417. The lowest BCUT2D eigenvalue weighted by Crippen LogP contribution is -2.00. The summed E-state index contributed by atoms with van der Waals surface area (Å²) in [7, 11) is 1.62. The molecule has 1 N–H and O–H groups in total. The average Bonchev–Trinajstić information content (AvgIpc) is 2.29. The molecule has 1 rings (SSSR count). The highest BCUT2D eigenvalue weighted by molar-refractivity contribution is 5.66. The van der Waals surface area contributed by atoms with E-state index in [0.717, 1.165) is 11.3 Å². The summed E-state index contributed by atoms with van der Waals surface area (Å²) in [6, 6.07) is 7.60. The Bertz CT molecular complexity index is 318. The minimum atomic E-state index is -0.784. The highest BCUT2D eigenvalue weighted by atomic mass is 16.5. The Balaban J connectivity index is 2.19.